The Labute approximate surface area is 64.7 Å². The summed E-state index contributed by atoms with van der Waals surface area (Å²) in [6.45, 7) is -0.0987. The molecular formula is C4H10N2O4S. The van der Waals surface area contributed by atoms with Gasteiger partial charge in [-0.25, -0.2) is 4.79 Å². The molecule has 0 bridgehead atoms. The van der Waals surface area contributed by atoms with E-state index in [9.17, 15) is 13.2 Å². The van der Waals surface area contributed by atoms with Crippen LogP contribution in [0.3, 0.4) is 0 Å². The lowest BCUT2D eigenvalue weighted by molar-refractivity contribution is 0.243. The topological polar surface area (TPSA) is 95.5 Å². The molecule has 0 aromatic rings. The summed E-state index contributed by atoms with van der Waals surface area (Å²) < 4.78 is 28.4. The highest BCUT2D eigenvalue weighted by atomic mass is 32.2. The van der Waals surface area contributed by atoms with Crippen LogP contribution in [-0.2, 0) is 10.1 Å². The molecule has 0 rings (SSSR count). The van der Waals surface area contributed by atoms with Gasteiger partial charge in [0.15, 0.2) is 0 Å². The molecule has 0 fully saturated rings. The summed E-state index contributed by atoms with van der Waals surface area (Å²) in [4.78, 5) is 10.4. The van der Waals surface area contributed by atoms with Crippen LogP contribution in [0.1, 0.15) is 0 Å². The van der Waals surface area contributed by atoms with Crippen molar-refractivity contribution in [3.8, 4) is 0 Å². The first kappa shape index (κ1) is 10.2. The lowest BCUT2D eigenvalue weighted by atomic mass is 10.7. The molecule has 0 aliphatic carbocycles. The lowest BCUT2D eigenvalue weighted by Crippen LogP contribution is -2.35. The molecule has 0 spiro atoms. The van der Waals surface area contributed by atoms with Crippen molar-refractivity contribution >= 4 is 16.1 Å². The second kappa shape index (κ2) is 4.14. The van der Waals surface area contributed by atoms with Gasteiger partial charge < -0.3 is 10.6 Å². The van der Waals surface area contributed by atoms with E-state index in [2.05, 4.69) is 10.6 Å². The van der Waals surface area contributed by atoms with Gasteiger partial charge in [0.25, 0.3) is 10.1 Å². The molecule has 2 amide bonds. The highest BCUT2D eigenvalue weighted by Crippen LogP contribution is 1.77. The van der Waals surface area contributed by atoms with Gasteiger partial charge in [-0.3, -0.25) is 4.55 Å². The second-order valence-corrected chi connectivity index (χ2v) is 3.36. The molecule has 6 nitrogen and oxygen atoms in total. The number of carbonyl (C=O) groups is 1. The fourth-order valence-corrected chi connectivity index (χ4v) is 0.742. The Balaban J connectivity index is 3.51. The number of urea groups is 1. The first-order valence-electron chi connectivity index (χ1n) is 2.86. The molecule has 0 aliphatic heterocycles. The Kier molecular flexibility index (Phi) is 3.83. The normalized spacial score (nSPS) is 10.7. The zero-order valence-electron chi connectivity index (χ0n) is 5.99. The molecule has 0 saturated heterocycles. The summed E-state index contributed by atoms with van der Waals surface area (Å²) in [5, 5.41) is 4.42. The first-order valence-corrected chi connectivity index (χ1v) is 4.47. The van der Waals surface area contributed by atoms with Gasteiger partial charge in [-0.1, -0.05) is 0 Å². The minimum absolute atomic E-state index is 0.0987. The Morgan fingerprint density at radius 1 is 1.55 bits per heavy atom. The molecule has 7 heteroatoms. The third-order valence-corrected chi connectivity index (χ3v) is 1.59. The summed E-state index contributed by atoms with van der Waals surface area (Å²) in [7, 11) is -2.56. The quantitative estimate of drug-likeness (QED) is 0.478. The standard InChI is InChI=1S/C4H10N2O4S/c1-5-4(7)6-2-3-11(8,9)10/h2-3H2,1H3,(H2,5,6,7)(H,8,9,10). The van der Waals surface area contributed by atoms with Gasteiger partial charge in [-0.05, 0) is 0 Å². The fraction of sp³-hybridized carbons (Fsp3) is 0.750. The van der Waals surface area contributed by atoms with Crippen LogP contribution in [0, 0.1) is 0 Å². The summed E-state index contributed by atoms with van der Waals surface area (Å²) in [6, 6.07) is -0.478. The molecule has 0 saturated carbocycles. The van der Waals surface area contributed by atoms with E-state index in [4.69, 9.17) is 4.55 Å². The van der Waals surface area contributed by atoms with E-state index in [0.717, 1.165) is 0 Å². The second-order valence-electron chi connectivity index (χ2n) is 1.79. The predicted molar refractivity (Wildman–Crippen MR) is 38.9 cm³/mol. The van der Waals surface area contributed by atoms with Gasteiger partial charge in [0.2, 0.25) is 0 Å². The monoisotopic (exact) mass is 182 g/mol. The summed E-state index contributed by atoms with van der Waals surface area (Å²) in [6.07, 6.45) is 0. The van der Waals surface area contributed by atoms with Gasteiger partial charge in [0.05, 0.1) is 5.75 Å². The van der Waals surface area contributed by atoms with E-state index in [1.165, 1.54) is 7.05 Å². The predicted octanol–water partition coefficient (Wildman–Crippen LogP) is -1.20. The average Bonchev–Trinajstić information content (AvgIpc) is 1.85. The van der Waals surface area contributed by atoms with Crippen molar-refractivity contribution in [1.29, 1.82) is 0 Å². The van der Waals surface area contributed by atoms with Crippen molar-refractivity contribution < 1.29 is 17.8 Å². The van der Waals surface area contributed by atoms with E-state index in [0.29, 0.717) is 0 Å². The number of rotatable bonds is 3. The Morgan fingerprint density at radius 2 is 2.09 bits per heavy atom. The van der Waals surface area contributed by atoms with Gasteiger partial charge in [-0.2, -0.15) is 8.42 Å². The van der Waals surface area contributed by atoms with Crippen LogP contribution < -0.4 is 10.6 Å². The third kappa shape index (κ3) is 7.07. The van der Waals surface area contributed by atoms with Gasteiger partial charge in [0.1, 0.15) is 0 Å². The van der Waals surface area contributed by atoms with Crippen molar-refractivity contribution in [2.75, 3.05) is 19.3 Å². The molecular weight excluding hydrogens is 172 g/mol. The van der Waals surface area contributed by atoms with Crippen LogP contribution in [0.15, 0.2) is 0 Å². The van der Waals surface area contributed by atoms with Crippen LogP contribution in [0.4, 0.5) is 4.79 Å². The maximum absolute atomic E-state index is 10.4. The maximum atomic E-state index is 10.4. The highest BCUT2D eigenvalue weighted by molar-refractivity contribution is 7.85. The van der Waals surface area contributed by atoms with Gasteiger partial charge >= 0.3 is 6.03 Å². The van der Waals surface area contributed by atoms with Crippen molar-refractivity contribution in [2.45, 2.75) is 0 Å². The zero-order valence-corrected chi connectivity index (χ0v) is 6.81. The maximum Gasteiger partial charge on any atom is 0.314 e. The lowest BCUT2D eigenvalue weighted by Gasteiger charge is -2.00. The molecule has 0 aromatic heterocycles. The van der Waals surface area contributed by atoms with Crippen LogP contribution in [0.25, 0.3) is 0 Å². The molecule has 66 valence electrons. The first-order chi connectivity index (χ1) is 4.95. The van der Waals surface area contributed by atoms with Crippen LogP contribution in [0.2, 0.25) is 0 Å². The van der Waals surface area contributed by atoms with E-state index in [1.54, 1.807) is 0 Å². The molecule has 11 heavy (non-hydrogen) atoms. The number of hydrogen-bond donors (Lipinski definition) is 3. The van der Waals surface area contributed by atoms with Crippen LogP contribution in [-0.4, -0.2) is 38.3 Å². The molecule has 0 radical (unpaired) electrons. The van der Waals surface area contributed by atoms with Crippen molar-refractivity contribution in [1.82, 2.24) is 10.6 Å². The summed E-state index contributed by atoms with van der Waals surface area (Å²) in [5.74, 6) is -0.472. The molecule has 0 aliphatic rings. The third-order valence-electron chi connectivity index (χ3n) is 0.873. The van der Waals surface area contributed by atoms with E-state index < -0.39 is 21.9 Å². The Bertz CT molecular complexity index is 222. The highest BCUT2D eigenvalue weighted by Gasteiger charge is 2.04. The Hall–Kier alpha value is -0.820. The smallest absolute Gasteiger partial charge is 0.314 e. The van der Waals surface area contributed by atoms with E-state index in [1.807, 2.05) is 0 Å². The summed E-state index contributed by atoms with van der Waals surface area (Å²) >= 11 is 0. The molecule has 0 atom stereocenters. The summed E-state index contributed by atoms with van der Waals surface area (Å²) in [5.41, 5.74) is 0. The number of carbonyl (C=O) groups excluding carboxylic acids is 1. The minimum Gasteiger partial charge on any atom is -0.341 e. The molecule has 3 N–H and O–H groups in total. The van der Waals surface area contributed by atoms with Crippen LogP contribution >= 0.6 is 0 Å². The molecule has 0 aromatic carbocycles. The van der Waals surface area contributed by atoms with E-state index in [-0.39, 0.29) is 6.54 Å². The van der Waals surface area contributed by atoms with Gasteiger partial charge in [-0.15, -0.1) is 0 Å². The number of nitrogens with one attached hydrogen (secondary N) is 2. The van der Waals surface area contributed by atoms with Crippen molar-refractivity contribution in [3.63, 3.8) is 0 Å². The number of hydrogen-bond acceptors (Lipinski definition) is 3. The minimum atomic E-state index is -3.97. The number of amides is 2. The average molecular weight is 182 g/mol. The fourth-order valence-electron chi connectivity index (χ4n) is 0.382. The SMILES string of the molecule is CNC(=O)NCCS(=O)(=O)O. The van der Waals surface area contributed by atoms with E-state index >= 15 is 0 Å². The van der Waals surface area contributed by atoms with Crippen molar-refractivity contribution in [3.05, 3.63) is 0 Å². The van der Waals surface area contributed by atoms with Crippen molar-refractivity contribution in [2.24, 2.45) is 0 Å². The zero-order chi connectivity index (χ0) is 8.91. The Morgan fingerprint density at radius 3 is 2.45 bits per heavy atom. The molecule has 0 heterocycles. The largest absolute Gasteiger partial charge is 0.341 e. The van der Waals surface area contributed by atoms with Gasteiger partial charge in [0, 0.05) is 13.6 Å². The molecule has 0 unspecified atom stereocenters. The van der Waals surface area contributed by atoms with Crippen LogP contribution in [0.5, 0.6) is 0 Å².